The van der Waals surface area contributed by atoms with E-state index in [0.717, 1.165) is 16.6 Å². The number of hydrogen-bond donors (Lipinski definition) is 1. The number of benzene rings is 1. The molecule has 2 nitrogen and oxygen atoms in total. The Hall–Kier alpha value is -0.840. The van der Waals surface area contributed by atoms with Gasteiger partial charge in [0.05, 0.1) is 6.61 Å². The maximum Gasteiger partial charge on any atom is 0.119 e. The van der Waals surface area contributed by atoms with E-state index in [9.17, 15) is 0 Å². The smallest absolute Gasteiger partial charge is 0.119 e. The van der Waals surface area contributed by atoms with Crippen LogP contribution in [0.2, 0.25) is 0 Å². The molecular weight excluding hydrogens is 310 g/mol. The van der Waals surface area contributed by atoms with Gasteiger partial charge >= 0.3 is 0 Å². The fourth-order valence-electron chi connectivity index (χ4n) is 1.78. The lowest BCUT2D eigenvalue weighted by Gasteiger charge is -2.15. The molecule has 0 bridgehead atoms. The minimum absolute atomic E-state index is 0.367. The van der Waals surface area contributed by atoms with Gasteiger partial charge in [-0.15, -0.1) is 0 Å². The number of rotatable bonds is 6. The second kappa shape index (κ2) is 6.92. The van der Waals surface area contributed by atoms with Crippen LogP contribution in [0, 0.1) is 0 Å². The minimum atomic E-state index is 0.367. The Morgan fingerprint density at radius 1 is 1.28 bits per heavy atom. The van der Waals surface area contributed by atoms with Gasteiger partial charge < -0.3 is 10.1 Å². The Morgan fingerprint density at radius 2 is 2.06 bits per heavy atom. The predicted octanol–water partition coefficient (Wildman–Crippen LogP) is 4.24. The van der Waals surface area contributed by atoms with E-state index in [4.69, 9.17) is 4.74 Å². The van der Waals surface area contributed by atoms with Gasteiger partial charge in [0.2, 0.25) is 0 Å². The predicted molar refractivity (Wildman–Crippen MR) is 80.4 cm³/mol. The molecule has 0 aliphatic carbocycles. The first-order chi connectivity index (χ1) is 8.79. The van der Waals surface area contributed by atoms with Crippen molar-refractivity contribution in [3.05, 3.63) is 51.1 Å². The normalized spacial score (nSPS) is 12.3. The Labute approximate surface area is 120 Å². The van der Waals surface area contributed by atoms with E-state index in [2.05, 4.69) is 38.1 Å². The number of nitrogens with one attached hydrogen (secondary N) is 1. The highest BCUT2D eigenvalue weighted by Crippen LogP contribution is 2.20. The van der Waals surface area contributed by atoms with E-state index in [-0.39, 0.29) is 0 Å². The average Bonchev–Trinajstić information content (AvgIpc) is 2.91. The molecule has 1 aromatic heterocycles. The quantitative estimate of drug-likeness (QED) is 0.857. The van der Waals surface area contributed by atoms with E-state index in [0.29, 0.717) is 12.6 Å². The summed E-state index contributed by atoms with van der Waals surface area (Å²) < 4.78 is 6.80. The summed E-state index contributed by atoms with van der Waals surface area (Å²) in [6.07, 6.45) is 0.962. The molecule has 1 N–H and O–H groups in total. The van der Waals surface area contributed by atoms with Crippen molar-refractivity contribution in [3.8, 4) is 5.75 Å². The zero-order chi connectivity index (χ0) is 12.8. The third-order valence-electron chi connectivity index (χ3n) is 2.78. The number of ether oxygens (including phenoxy) is 1. The summed E-state index contributed by atoms with van der Waals surface area (Å²) in [5.41, 5.74) is 1.34. The monoisotopic (exact) mass is 325 g/mol. The highest BCUT2D eigenvalue weighted by Gasteiger charge is 2.09. The Kier molecular flexibility index (Phi) is 5.23. The first-order valence-corrected chi connectivity index (χ1v) is 7.61. The summed E-state index contributed by atoms with van der Waals surface area (Å²) in [5, 5.41) is 7.61. The third-order valence-corrected chi connectivity index (χ3v) is 4.01. The van der Waals surface area contributed by atoms with Gasteiger partial charge in [0.25, 0.3) is 0 Å². The SMILES string of the molecule is CNC(CCOc1ccc(Br)cc1)c1ccsc1. The molecular formula is C14H16BrNOS. The molecule has 1 heterocycles. The highest BCUT2D eigenvalue weighted by molar-refractivity contribution is 9.10. The van der Waals surface area contributed by atoms with Crippen molar-refractivity contribution in [2.24, 2.45) is 0 Å². The van der Waals surface area contributed by atoms with Crippen molar-refractivity contribution >= 4 is 27.3 Å². The van der Waals surface area contributed by atoms with Gasteiger partial charge in [0.15, 0.2) is 0 Å². The van der Waals surface area contributed by atoms with Gasteiger partial charge in [-0.3, -0.25) is 0 Å². The molecule has 0 aliphatic rings. The Balaban J connectivity index is 1.82. The molecule has 1 atom stereocenters. The third kappa shape index (κ3) is 3.83. The molecule has 96 valence electrons. The van der Waals surface area contributed by atoms with E-state index in [1.54, 1.807) is 11.3 Å². The summed E-state index contributed by atoms with van der Waals surface area (Å²) >= 11 is 5.14. The fourth-order valence-corrected chi connectivity index (χ4v) is 2.75. The molecule has 4 heteroatoms. The maximum atomic E-state index is 5.73. The molecule has 2 rings (SSSR count). The first-order valence-electron chi connectivity index (χ1n) is 5.87. The molecule has 0 aliphatic heterocycles. The lowest BCUT2D eigenvalue weighted by Crippen LogP contribution is -2.18. The van der Waals surface area contributed by atoms with Crippen molar-refractivity contribution in [2.75, 3.05) is 13.7 Å². The van der Waals surface area contributed by atoms with Gasteiger partial charge in [-0.05, 0) is 53.7 Å². The van der Waals surface area contributed by atoms with Crippen molar-refractivity contribution in [3.63, 3.8) is 0 Å². The average molecular weight is 326 g/mol. The summed E-state index contributed by atoms with van der Waals surface area (Å²) in [6.45, 7) is 0.711. The van der Waals surface area contributed by atoms with Crippen LogP contribution in [0.25, 0.3) is 0 Å². The molecule has 18 heavy (non-hydrogen) atoms. The summed E-state index contributed by atoms with van der Waals surface area (Å²) in [5.74, 6) is 0.915. The second-order valence-corrected chi connectivity index (χ2v) is 5.68. The fraction of sp³-hybridized carbons (Fsp3) is 0.286. The standard InChI is InChI=1S/C14H16BrNOS/c1-16-14(11-7-9-18-10-11)6-8-17-13-4-2-12(15)3-5-13/h2-5,7,9-10,14,16H,6,8H2,1H3. The summed E-state index contributed by atoms with van der Waals surface area (Å²) in [6, 6.07) is 10.5. The van der Waals surface area contributed by atoms with Crippen LogP contribution in [-0.4, -0.2) is 13.7 Å². The Morgan fingerprint density at radius 3 is 2.67 bits per heavy atom. The highest BCUT2D eigenvalue weighted by atomic mass is 79.9. The van der Waals surface area contributed by atoms with Gasteiger partial charge in [-0.1, -0.05) is 15.9 Å². The Bertz CT molecular complexity index is 455. The molecule has 0 amide bonds. The second-order valence-electron chi connectivity index (χ2n) is 3.99. The molecule has 0 spiro atoms. The number of hydrogen-bond acceptors (Lipinski definition) is 3. The van der Waals surface area contributed by atoms with Crippen molar-refractivity contribution in [2.45, 2.75) is 12.5 Å². The molecule has 0 fully saturated rings. The molecule has 1 aromatic carbocycles. The van der Waals surface area contributed by atoms with Crippen LogP contribution in [0.4, 0.5) is 0 Å². The van der Waals surface area contributed by atoms with Gasteiger partial charge in [-0.25, -0.2) is 0 Å². The van der Waals surface area contributed by atoms with Crippen molar-refractivity contribution in [1.82, 2.24) is 5.32 Å². The van der Waals surface area contributed by atoms with Gasteiger partial charge in [0, 0.05) is 16.9 Å². The van der Waals surface area contributed by atoms with Gasteiger partial charge in [0.1, 0.15) is 5.75 Å². The molecule has 2 aromatic rings. The summed E-state index contributed by atoms with van der Waals surface area (Å²) in [7, 11) is 1.99. The van der Waals surface area contributed by atoms with Crippen LogP contribution >= 0.6 is 27.3 Å². The van der Waals surface area contributed by atoms with E-state index in [1.807, 2.05) is 31.3 Å². The first kappa shape index (κ1) is 13.6. The molecule has 1 unspecified atom stereocenters. The zero-order valence-corrected chi connectivity index (χ0v) is 12.6. The minimum Gasteiger partial charge on any atom is -0.494 e. The van der Waals surface area contributed by atoms with Crippen LogP contribution in [0.5, 0.6) is 5.75 Å². The van der Waals surface area contributed by atoms with Crippen LogP contribution < -0.4 is 10.1 Å². The molecule has 0 radical (unpaired) electrons. The van der Waals surface area contributed by atoms with Crippen LogP contribution in [0.3, 0.4) is 0 Å². The van der Waals surface area contributed by atoms with Gasteiger partial charge in [-0.2, -0.15) is 11.3 Å². The van der Waals surface area contributed by atoms with E-state index >= 15 is 0 Å². The zero-order valence-electron chi connectivity index (χ0n) is 10.2. The molecule has 0 saturated heterocycles. The van der Waals surface area contributed by atoms with Crippen molar-refractivity contribution < 1.29 is 4.74 Å². The topological polar surface area (TPSA) is 21.3 Å². The lowest BCUT2D eigenvalue weighted by atomic mass is 10.1. The lowest BCUT2D eigenvalue weighted by molar-refractivity contribution is 0.290. The van der Waals surface area contributed by atoms with E-state index < -0.39 is 0 Å². The van der Waals surface area contributed by atoms with Crippen LogP contribution in [0.15, 0.2) is 45.6 Å². The number of thiophene rings is 1. The number of halogens is 1. The largest absolute Gasteiger partial charge is 0.494 e. The van der Waals surface area contributed by atoms with Crippen LogP contribution in [0.1, 0.15) is 18.0 Å². The maximum absolute atomic E-state index is 5.73. The van der Waals surface area contributed by atoms with Crippen LogP contribution in [-0.2, 0) is 0 Å². The van der Waals surface area contributed by atoms with E-state index in [1.165, 1.54) is 5.56 Å². The van der Waals surface area contributed by atoms with Crippen molar-refractivity contribution in [1.29, 1.82) is 0 Å². The molecule has 0 saturated carbocycles. The summed E-state index contributed by atoms with van der Waals surface area (Å²) in [4.78, 5) is 0.